The molecule has 5 heteroatoms. The minimum Gasteiger partial charge on any atom is -0.301 e. The highest BCUT2D eigenvalue weighted by molar-refractivity contribution is 7.89. The number of likely N-dealkylation sites (tertiary alicyclic amines) is 1. The van der Waals surface area contributed by atoms with Gasteiger partial charge < -0.3 is 4.90 Å². The minimum atomic E-state index is -3.26. The molecule has 1 fully saturated rings. The zero-order chi connectivity index (χ0) is 9.90. The molecular weight excluding hydrogens is 188 g/mol. The van der Waals surface area contributed by atoms with E-state index in [1.165, 1.54) is 12.8 Å². The second-order valence-electron chi connectivity index (χ2n) is 3.75. The van der Waals surface area contributed by atoms with Gasteiger partial charge in [-0.1, -0.05) is 0 Å². The molecule has 1 aliphatic heterocycles. The Morgan fingerprint density at radius 3 is 2.69 bits per heavy atom. The van der Waals surface area contributed by atoms with Gasteiger partial charge in [0.15, 0.2) is 0 Å². The molecule has 0 radical (unpaired) electrons. The molecule has 0 bridgehead atoms. The van der Waals surface area contributed by atoms with Gasteiger partial charge in [-0.25, -0.2) is 13.6 Å². The Morgan fingerprint density at radius 2 is 2.23 bits per heavy atom. The van der Waals surface area contributed by atoms with Crippen LogP contribution in [0.5, 0.6) is 0 Å². The summed E-state index contributed by atoms with van der Waals surface area (Å²) in [6, 6.07) is 0.612. The van der Waals surface area contributed by atoms with Crippen LogP contribution in [0.4, 0.5) is 0 Å². The van der Waals surface area contributed by atoms with E-state index >= 15 is 0 Å². The molecule has 1 rings (SSSR count). The van der Waals surface area contributed by atoms with E-state index in [0.717, 1.165) is 13.1 Å². The summed E-state index contributed by atoms with van der Waals surface area (Å²) >= 11 is 0. The van der Waals surface area contributed by atoms with Crippen LogP contribution in [-0.4, -0.2) is 38.2 Å². The van der Waals surface area contributed by atoms with Gasteiger partial charge in [-0.2, -0.15) is 0 Å². The highest BCUT2D eigenvalue weighted by atomic mass is 32.2. The molecule has 0 saturated carbocycles. The highest BCUT2D eigenvalue weighted by Crippen LogP contribution is 2.16. The average molecular weight is 206 g/mol. The summed E-state index contributed by atoms with van der Waals surface area (Å²) in [5.74, 6) is 0.107. The van der Waals surface area contributed by atoms with E-state index in [4.69, 9.17) is 5.14 Å². The van der Waals surface area contributed by atoms with Gasteiger partial charge >= 0.3 is 0 Å². The average Bonchev–Trinajstić information content (AvgIpc) is 2.34. The van der Waals surface area contributed by atoms with Gasteiger partial charge in [0.2, 0.25) is 10.0 Å². The van der Waals surface area contributed by atoms with E-state index in [-0.39, 0.29) is 5.75 Å². The zero-order valence-electron chi connectivity index (χ0n) is 8.07. The van der Waals surface area contributed by atoms with Crippen LogP contribution in [-0.2, 0) is 10.0 Å². The lowest BCUT2D eigenvalue weighted by atomic mass is 10.2. The maximum atomic E-state index is 10.6. The van der Waals surface area contributed by atoms with Crippen molar-refractivity contribution in [1.82, 2.24) is 4.90 Å². The first-order chi connectivity index (χ1) is 5.99. The van der Waals surface area contributed by atoms with E-state index in [1.54, 1.807) is 0 Å². The van der Waals surface area contributed by atoms with Crippen molar-refractivity contribution in [2.45, 2.75) is 32.2 Å². The molecule has 0 aliphatic carbocycles. The summed E-state index contributed by atoms with van der Waals surface area (Å²) in [6.07, 6.45) is 3.12. The summed E-state index contributed by atoms with van der Waals surface area (Å²) in [5, 5.41) is 4.91. The predicted octanol–water partition coefficient (Wildman–Crippen LogP) is 0.149. The summed E-state index contributed by atoms with van der Waals surface area (Å²) < 4.78 is 21.3. The van der Waals surface area contributed by atoms with Crippen LogP contribution < -0.4 is 5.14 Å². The second kappa shape index (κ2) is 4.39. The number of rotatable bonds is 4. The van der Waals surface area contributed by atoms with Gasteiger partial charge in [0.1, 0.15) is 0 Å². The molecular formula is C8H18N2O2S. The van der Waals surface area contributed by atoms with Crippen molar-refractivity contribution in [3.63, 3.8) is 0 Å². The van der Waals surface area contributed by atoms with Crippen molar-refractivity contribution < 1.29 is 8.42 Å². The van der Waals surface area contributed by atoms with Crippen molar-refractivity contribution in [3.05, 3.63) is 0 Å². The van der Waals surface area contributed by atoms with Gasteiger partial charge in [-0.15, -0.1) is 0 Å². The number of hydrogen-bond acceptors (Lipinski definition) is 3. The molecule has 2 N–H and O–H groups in total. The quantitative estimate of drug-likeness (QED) is 0.712. The molecule has 0 aromatic heterocycles. The van der Waals surface area contributed by atoms with E-state index in [0.29, 0.717) is 12.5 Å². The van der Waals surface area contributed by atoms with E-state index in [2.05, 4.69) is 11.8 Å². The lowest BCUT2D eigenvalue weighted by Crippen LogP contribution is -2.29. The standard InChI is InChI=1S/C8H18N2O2S/c1-8-4-2-5-10(8)6-3-7-13(9,11)12/h8H,2-7H2,1H3,(H2,9,11,12). The zero-order valence-corrected chi connectivity index (χ0v) is 8.89. The monoisotopic (exact) mass is 206 g/mol. The Hall–Kier alpha value is -0.130. The van der Waals surface area contributed by atoms with Crippen molar-refractivity contribution in [3.8, 4) is 0 Å². The molecule has 1 atom stereocenters. The Morgan fingerprint density at radius 1 is 1.54 bits per heavy atom. The molecule has 1 heterocycles. The minimum absolute atomic E-state index is 0.107. The number of nitrogens with zero attached hydrogens (tertiary/aromatic N) is 1. The fourth-order valence-electron chi connectivity index (χ4n) is 1.79. The fraction of sp³-hybridized carbons (Fsp3) is 1.00. The molecule has 4 nitrogen and oxygen atoms in total. The first kappa shape index (κ1) is 10.9. The largest absolute Gasteiger partial charge is 0.301 e. The van der Waals surface area contributed by atoms with Crippen LogP contribution in [0.1, 0.15) is 26.2 Å². The third-order valence-corrected chi connectivity index (χ3v) is 3.42. The third kappa shape index (κ3) is 4.06. The Bertz CT molecular complexity index is 251. The van der Waals surface area contributed by atoms with Gasteiger partial charge in [-0.05, 0) is 39.3 Å². The highest BCUT2D eigenvalue weighted by Gasteiger charge is 2.19. The molecule has 0 spiro atoms. The second-order valence-corrected chi connectivity index (χ2v) is 5.48. The van der Waals surface area contributed by atoms with Crippen LogP contribution in [0.2, 0.25) is 0 Å². The number of sulfonamides is 1. The van der Waals surface area contributed by atoms with Crippen molar-refractivity contribution in [1.29, 1.82) is 0 Å². The molecule has 0 amide bonds. The topological polar surface area (TPSA) is 63.4 Å². The van der Waals surface area contributed by atoms with Crippen LogP contribution >= 0.6 is 0 Å². The van der Waals surface area contributed by atoms with Gasteiger partial charge in [-0.3, -0.25) is 0 Å². The van der Waals surface area contributed by atoms with Crippen LogP contribution in [0, 0.1) is 0 Å². The van der Waals surface area contributed by atoms with E-state index < -0.39 is 10.0 Å². The van der Waals surface area contributed by atoms with Crippen molar-refractivity contribution in [2.24, 2.45) is 5.14 Å². The summed E-state index contributed by atoms with van der Waals surface area (Å²) in [7, 11) is -3.26. The Kier molecular flexibility index (Phi) is 3.70. The molecule has 13 heavy (non-hydrogen) atoms. The van der Waals surface area contributed by atoms with Crippen LogP contribution in [0.25, 0.3) is 0 Å². The van der Waals surface area contributed by atoms with Gasteiger partial charge in [0.25, 0.3) is 0 Å². The van der Waals surface area contributed by atoms with Gasteiger partial charge in [0.05, 0.1) is 5.75 Å². The van der Waals surface area contributed by atoms with Crippen LogP contribution in [0.15, 0.2) is 0 Å². The van der Waals surface area contributed by atoms with Crippen molar-refractivity contribution in [2.75, 3.05) is 18.8 Å². The SMILES string of the molecule is CC1CCCN1CCCS(N)(=O)=O. The first-order valence-corrected chi connectivity index (χ1v) is 6.45. The molecule has 1 saturated heterocycles. The number of primary sulfonamides is 1. The molecule has 1 unspecified atom stereocenters. The Labute approximate surface area is 80.1 Å². The number of nitrogens with two attached hydrogens (primary N) is 1. The summed E-state index contributed by atoms with van der Waals surface area (Å²) in [4.78, 5) is 2.32. The van der Waals surface area contributed by atoms with E-state index in [9.17, 15) is 8.42 Å². The maximum Gasteiger partial charge on any atom is 0.209 e. The lowest BCUT2D eigenvalue weighted by molar-refractivity contribution is 0.270. The predicted molar refractivity (Wildman–Crippen MR) is 52.9 cm³/mol. The molecule has 0 aromatic rings. The maximum absolute atomic E-state index is 10.6. The molecule has 0 aromatic carbocycles. The van der Waals surface area contributed by atoms with Crippen LogP contribution in [0.3, 0.4) is 0 Å². The summed E-state index contributed by atoms with van der Waals surface area (Å²) in [6.45, 7) is 4.15. The third-order valence-electron chi connectivity index (χ3n) is 2.56. The normalized spacial score (nSPS) is 25.2. The van der Waals surface area contributed by atoms with E-state index in [1.807, 2.05) is 0 Å². The number of hydrogen-bond donors (Lipinski definition) is 1. The first-order valence-electron chi connectivity index (χ1n) is 4.73. The molecule has 1 aliphatic rings. The fourth-order valence-corrected chi connectivity index (χ4v) is 2.33. The van der Waals surface area contributed by atoms with Crippen molar-refractivity contribution >= 4 is 10.0 Å². The van der Waals surface area contributed by atoms with Gasteiger partial charge in [0, 0.05) is 6.04 Å². The summed E-state index contributed by atoms with van der Waals surface area (Å²) in [5.41, 5.74) is 0. The molecule has 78 valence electrons. The lowest BCUT2D eigenvalue weighted by Gasteiger charge is -2.20. The Balaban J connectivity index is 2.19. The smallest absolute Gasteiger partial charge is 0.209 e.